The number of amides is 1. The molecule has 3 nitrogen and oxygen atoms in total. The summed E-state index contributed by atoms with van der Waals surface area (Å²) in [6.45, 7) is 9.41. The molecule has 0 aliphatic heterocycles. The van der Waals surface area contributed by atoms with E-state index in [0.29, 0.717) is 12.5 Å². The van der Waals surface area contributed by atoms with Crippen LogP contribution in [-0.2, 0) is 9.53 Å². The first-order valence-electron chi connectivity index (χ1n) is 6.64. The zero-order chi connectivity index (χ0) is 15.3. The van der Waals surface area contributed by atoms with Gasteiger partial charge in [-0.05, 0) is 39.5 Å². The van der Waals surface area contributed by atoms with E-state index in [9.17, 15) is 18.0 Å². The van der Waals surface area contributed by atoms with Crippen molar-refractivity contribution in [2.75, 3.05) is 6.61 Å². The molecule has 1 N–H and O–H groups in total. The van der Waals surface area contributed by atoms with E-state index in [0.717, 1.165) is 12.8 Å². The van der Waals surface area contributed by atoms with E-state index in [-0.39, 0.29) is 0 Å². The van der Waals surface area contributed by atoms with Gasteiger partial charge in [0.15, 0.2) is 0 Å². The molecule has 1 aliphatic rings. The Morgan fingerprint density at radius 2 is 1.79 bits per heavy atom. The SMILES string of the molecule is CC.CC(NC(=O)C(F)(F)F)C(C)(C)OCC1CC1. The summed E-state index contributed by atoms with van der Waals surface area (Å²) in [4.78, 5) is 10.8. The number of hydrogen-bond donors (Lipinski definition) is 1. The summed E-state index contributed by atoms with van der Waals surface area (Å²) >= 11 is 0. The molecule has 6 heteroatoms. The van der Waals surface area contributed by atoms with Crippen LogP contribution in [0.15, 0.2) is 0 Å². The van der Waals surface area contributed by atoms with Gasteiger partial charge in [-0.25, -0.2) is 0 Å². The minimum absolute atomic E-state index is 0.528. The van der Waals surface area contributed by atoms with Gasteiger partial charge in [-0.2, -0.15) is 13.2 Å². The number of rotatable bonds is 5. The minimum atomic E-state index is -4.85. The third kappa shape index (κ3) is 6.80. The van der Waals surface area contributed by atoms with Crippen LogP contribution >= 0.6 is 0 Å². The van der Waals surface area contributed by atoms with Crippen LogP contribution in [0.1, 0.15) is 47.5 Å². The highest BCUT2D eigenvalue weighted by molar-refractivity contribution is 5.82. The molecule has 0 aromatic heterocycles. The van der Waals surface area contributed by atoms with Gasteiger partial charge < -0.3 is 10.1 Å². The van der Waals surface area contributed by atoms with Crippen LogP contribution in [0.25, 0.3) is 0 Å². The number of carbonyl (C=O) groups excluding carboxylic acids is 1. The van der Waals surface area contributed by atoms with Crippen molar-refractivity contribution in [3.63, 3.8) is 0 Å². The van der Waals surface area contributed by atoms with Crippen LogP contribution in [0.3, 0.4) is 0 Å². The van der Waals surface area contributed by atoms with Crippen LogP contribution in [0.4, 0.5) is 13.2 Å². The highest BCUT2D eigenvalue weighted by Gasteiger charge is 2.41. The monoisotopic (exact) mass is 283 g/mol. The average molecular weight is 283 g/mol. The highest BCUT2D eigenvalue weighted by atomic mass is 19.4. The lowest BCUT2D eigenvalue weighted by molar-refractivity contribution is -0.176. The zero-order valence-corrected chi connectivity index (χ0v) is 12.2. The predicted octanol–water partition coefficient (Wildman–Crippen LogP) is 3.28. The molecule has 0 heterocycles. The maximum Gasteiger partial charge on any atom is 0.471 e. The van der Waals surface area contributed by atoms with Gasteiger partial charge in [-0.1, -0.05) is 13.8 Å². The number of hydrogen-bond acceptors (Lipinski definition) is 2. The van der Waals surface area contributed by atoms with Gasteiger partial charge in [0.1, 0.15) is 0 Å². The molecule has 1 atom stereocenters. The molecule has 0 spiro atoms. The Morgan fingerprint density at radius 1 is 1.32 bits per heavy atom. The van der Waals surface area contributed by atoms with Crippen LogP contribution in [0.5, 0.6) is 0 Å². The topological polar surface area (TPSA) is 38.3 Å². The molecule has 1 saturated carbocycles. The molecule has 0 radical (unpaired) electrons. The summed E-state index contributed by atoms with van der Waals surface area (Å²) in [6.07, 6.45) is -2.63. The second-order valence-electron chi connectivity index (χ2n) is 5.05. The predicted molar refractivity (Wildman–Crippen MR) is 67.8 cm³/mol. The summed E-state index contributed by atoms with van der Waals surface area (Å²) in [5.74, 6) is -1.40. The smallest absolute Gasteiger partial charge is 0.373 e. The average Bonchev–Trinajstić information content (AvgIpc) is 3.11. The molecule has 1 fully saturated rings. The van der Waals surface area contributed by atoms with Crippen molar-refractivity contribution in [2.45, 2.75) is 65.3 Å². The van der Waals surface area contributed by atoms with Gasteiger partial charge in [0.25, 0.3) is 0 Å². The standard InChI is InChI=1S/C11H18F3NO2.C2H6/c1-7(15-9(16)11(12,13)14)10(2,3)17-6-8-4-5-8;1-2/h7-8H,4-6H2,1-3H3,(H,15,16);1-2H3. The normalized spacial score (nSPS) is 17.3. The van der Waals surface area contributed by atoms with Crippen LogP contribution in [0, 0.1) is 5.92 Å². The Hall–Kier alpha value is -0.780. The Kier molecular flexibility index (Phi) is 6.83. The largest absolute Gasteiger partial charge is 0.471 e. The molecule has 0 aromatic carbocycles. The summed E-state index contributed by atoms with van der Waals surface area (Å²) < 4.78 is 41.8. The molecule has 114 valence electrons. The van der Waals surface area contributed by atoms with Crippen molar-refractivity contribution in [2.24, 2.45) is 5.92 Å². The molecule has 1 amide bonds. The number of alkyl halides is 3. The molecule has 1 unspecified atom stereocenters. The highest BCUT2D eigenvalue weighted by Crippen LogP contribution is 2.31. The molecule has 0 aromatic rings. The molecular formula is C13H24F3NO2. The van der Waals surface area contributed by atoms with E-state index in [1.807, 2.05) is 19.2 Å². The van der Waals surface area contributed by atoms with Crippen molar-refractivity contribution in [1.29, 1.82) is 0 Å². The van der Waals surface area contributed by atoms with Crippen molar-refractivity contribution in [3.05, 3.63) is 0 Å². The molecule has 19 heavy (non-hydrogen) atoms. The first kappa shape index (κ1) is 18.2. The first-order chi connectivity index (χ1) is 8.63. The van der Waals surface area contributed by atoms with Gasteiger partial charge in [-0.3, -0.25) is 4.79 Å². The van der Waals surface area contributed by atoms with Crippen LogP contribution < -0.4 is 5.32 Å². The number of nitrogens with one attached hydrogen (secondary N) is 1. The number of halogens is 3. The van der Waals surface area contributed by atoms with Gasteiger partial charge >= 0.3 is 12.1 Å². The quantitative estimate of drug-likeness (QED) is 0.841. The lowest BCUT2D eigenvalue weighted by atomic mass is 10.00. The van der Waals surface area contributed by atoms with E-state index in [2.05, 4.69) is 0 Å². The fourth-order valence-electron chi connectivity index (χ4n) is 1.19. The maximum atomic E-state index is 12.1. The minimum Gasteiger partial charge on any atom is -0.373 e. The van der Waals surface area contributed by atoms with E-state index in [1.54, 1.807) is 13.8 Å². The van der Waals surface area contributed by atoms with Crippen molar-refractivity contribution in [1.82, 2.24) is 5.32 Å². The maximum absolute atomic E-state index is 12.1. The zero-order valence-electron chi connectivity index (χ0n) is 12.2. The number of carbonyl (C=O) groups is 1. The van der Waals surface area contributed by atoms with E-state index >= 15 is 0 Å². The summed E-state index contributed by atoms with van der Waals surface area (Å²) in [5.41, 5.74) is -0.802. The van der Waals surface area contributed by atoms with Crippen molar-refractivity contribution < 1.29 is 22.7 Å². The fourth-order valence-corrected chi connectivity index (χ4v) is 1.19. The van der Waals surface area contributed by atoms with Crippen molar-refractivity contribution in [3.8, 4) is 0 Å². The summed E-state index contributed by atoms with van der Waals surface area (Å²) in [7, 11) is 0. The Balaban J connectivity index is 0.00000154. The van der Waals surface area contributed by atoms with Gasteiger partial charge in [0, 0.05) is 0 Å². The van der Waals surface area contributed by atoms with Crippen molar-refractivity contribution >= 4 is 5.91 Å². The van der Waals surface area contributed by atoms with Gasteiger partial charge in [0.2, 0.25) is 0 Å². The molecule has 1 aliphatic carbocycles. The van der Waals surface area contributed by atoms with E-state index in [4.69, 9.17) is 4.74 Å². The van der Waals surface area contributed by atoms with E-state index in [1.165, 1.54) is 6.92 Å². The number of ether oxygens (including phenoxy) is 1. The Morgan fingerprint density at radius 3 is 2.16 bits per heavy atom. The molecule has 1 rings (SSSR count). The Bertz CT molecular complexity index is 286. The van der Waals surface area contributed by atoms with Crippen LogP contribution in [0.2, 0.25) is 0 Å². The summed E-state index contributed by atoms with van der Waals surface area (Å²) in [5, 5.41) is 1.92. The first-order valence-corrected chi connectivity index (χ1v) is 6.64. The third-order valence-electron chi connectivity index (χ3n) is 3.04. The van der Waals surface area contributed by atoms with Gasteiger partial charge in [0.05, 0.1) is 18.2 Å². The fraction of sp³-hybridized carbons (Fsp3) is 0.923. The van der Waals surface area contributed by atoms with E-state index < -0.39 is 23.7 Å². The lowest BCUT2D eigenvalue weighted by Gasteiger charge is -2.32. The third-order valence-corrected chi connectivity index (χ3v) is 3.04. The molecular weight excluding hydrogens is 259 g/mol. The molecule has 0 bridgehead atoms. The second-order valence-corrected chi connectivity index (χ2v) is 5.05. The van der Waals surface area contributed by atoms with Gasteiger partial charge in [-0.15, -0.1) is 0 Å². The lowest BCUT2D eigenvalue weighted by Crippen LogP contribution is -2.52. The second kappa shape index (κ2) is 7.12. The molecule has 0 saturated heterocycles. The summed E-state index contributed by atoms with van der Waals surface area (Å²) in [6, 6.07) is -0.699. The van der Waals surface area contributed by atoms with Crippen LogP contribution in [-0.4, -0.2) is 30.3 Å². The Labute approximate surface area is 112 Å².